The predicted molar refractivity (Wildman–Crippen MR) is 71.8 cm³/mol. The van der Waals surface area contributed by atoms with Crippen molar-refractivity contribution >= 4 is 12.0 Å². The van der Waals surface area contributed by atoms with Gasteiger partial charge in [-0.3, -0.25) is 4.79 Å². The van der Waals surface area contributed by atoms with E-state index in [4.69, 9.17) is 0 Å². The molecular formula is C14H24N2O3. The lowest BCUT2D eigenvalue weighted by Crippen LogP contribution is -2.43. The summed E-state index contributed by atoms with van der Waals surface area (Å²) in [4.78, 5) is 25.1. The molecule has 1 aliphatic heterocycles. The molecule has 0 aromatic rings. The average Bonchev–Trinajstić information content (AvgIpc) is 2.96. The van der Waals surface area contributed by atoms with Crippen LogP contribution in [0.25, 0.3) is 0 Å². The molecule has 2 aliphatic rings. The third kappa shape index (κ3) is 3.19. The highest BCUT2D eigenvalue weighted by molar-refractivity contribution is 5.78. The molecule has 0 bridgehead atoms. The molecule has 2 fully saturated rings. The fourth-order valence-corrected chi connectivity index (χ4v) is 3.27. The molecule has 0 spiro atoms. The summed E-state index contributed by atoms with van der Waals surface area (Å²) in [5.74, 6) is -0.860. The molecule has 2 N–H and O–H groups in total. The van der Waals surface area contributed by atoms with Crippen molar-refractivity contribution in [2.24, 2.45) is 17.8 Å². The van der Waals surface area contributed by atoms with Crippen molar-refractivity contribution in [3.8, 4) is 0 Å². The quantitative estimate of drug-likeness (QED) is 0.821. The molecule has 0 aromatic heterocycles. The molecule has 5 nitrogen and oxygen atoms in total. The highest BCUT2D eigenvalue weighted by atomic mass is 16.4. The van der Waals surface area contributed by atoms with E-state index in [0.29, 0.717) is 13.1 Å². The maximum Gasteiger partial charge on any atom is 0.317 e. The number of carbonyl (C=O) groups excluding carboxylic acids is 1. The Hall–Kier alpha value is -1.26. The molecule has 2 amide bonds. The van der Waals surface area contributed by atoms with Gasteiger partial charge in [-0.2, -0.15) is 0 Å². The van der Waals surface area contributed by atoms with E-state index in [0.717, 1.165) is 12.8 Å². The number of carboxylic acid groups (broad SMARTS) is 1. The molecule has 1 saturated heterocycles. The minimum Gasteiger partial charge on any atom is -0.481 e. The maximum atomic E-state index is 12.2. The van der Waals surface area contributed by atoms with E-state index in [1.807, 2.05) is 13.8 Å². The zero-order chi connectivity index (χ0) is 14.0. The van der Waals surface area contributed by atoms with Gasteiger partial charge in [0.05, 0.1) is 5.92 Å². The number of nitrogens with one attached hydrogen (secondary N) is 1. The molecule has 0 aromatic carbocycles. The van der Waals surface area contributed by atoms with Crippen molar-refractivity contribution in [2.75, 3.05) is 13.1 Å². The normalized spacial score (nSPS) is 28.1. The average molecular weight is 268 g/mol. The molecule has 1 heterocycles. The van der Waals surface area contributed by atoms with E-state index in [2.05, 4.69) is 5.32 Å². The lowest BCUT2D eigenvalue weighted by molar-refractivity contribution is -0.142. The maximum absolute atomic E-state index is 12.2. The van der Waals surface area contributed by atoms with Crippen LogP contribution in [0, 0.1) is 17.8 Å². The van der Waals surface area contributed by atoms with Crippen LogP contribution in [-0.4, -0.2) is 41.1 Å². The monoisotopic (exact) mass is 268 g/mol. The number of aliphatic carboxylic acids is 1. The lowest BCUT2D eigenvalue weighted by Gasteiger charge is -2.21. The predicted octanol–water partition coefficient (Wildman–Crippen LogP) is 1.93. The van der Waals surface area contributed by atoms with Crippen molar-refractivity contribution in [2.45, 2.75) is 45.6 Å². The fourth-order valence-electron chi connectivity index (χ4n) is 3.27. The largest absolute Gasteiger partial charge is 0.481 e. The molecule has 19 heavy (non-hydrogen) atoms. The van der Waals surface area contributed by atoms with Crippen LogP contribution in [0.3, 0.4) is 0 Å². The number of carbonyl (C=O) groups is 2. The Labute approximate surface area is 114 Å². The number of hydrogen-bond acceptors (Lipinski definition) is 2. The standard InChI is InChI=1S/C14H24N2O3/c1-9(2)11-7-16(8-12(11)13(17)18)14(19)15-10-5-3-4-6-10/h9-12H,3-8H2,1-2H3,(H,15,19)(H,17,18)/t11-,12+/m0/s1. The van der Waals surface area contributed by atoms with E-state index in [1.165, 1.54) is 12.8 Å². The van der Waals surface area contributed by atoms with Gasteiger partial charge in [0.1, 0.15) is 0 Å². The molecule has 0 radical (unpaired) electrons. The van der Waals surface area contributed by atoms with E-state index in [1.54, 1.807) is 4.90 Å². The number of amides is 2. The fraction of sp³-hybridized carbons (Fsp3) is 0.857. The summed E-state index contributed by atoms with van der Waals surface area (Å²) in [6.07, 6.45) is 4.46. The summed E-state index contributed by atoms with van der Waals surface area (Å²) in [5.41, 5.74) is 0. The summed E-state index contributed by atoms with van der Waals surface area (Å²) >= 11 is 0. The van der Waals surface area contributed by atoms with E-state index >= 15 is 0 Å². The van der Waals surface area contributed by atoms with Crippen LogP contribution >= 0.6 is 0 Å². The van der Waals surface area contributed by atoms with Gasteiger partial charge in [-0.25, -0.2) is 4.79 Å². The number of nitrogens with zero attached hydrogens (tertiary/aromatic N) is 1. The zero-order valence-corrected chi connectivity index (χ0v) is 11.8. The molecule has 5 heteroatoms. The van der Waals surface area contributed by atoms with E-state index in [-0.39, 0.29) is 23.9 Å². The minimum absolute atomic E-state index is 0.0619. The number of likely N-dealkylation sites (tertiary alicyclic amines) is 1. The lowest BCUT2D eigenvalue weighted by atomic mass is 9.86. The van der Waals surface area contributed by atoms with Crippen LogP contribution in [0.4, 0.5) is 4.79 Å². The van der Waals surface area contributed by atoms with Crippen LogP contribution < -0.4 is 5.32 Å². The summed E-state index contributed by atoms with van der Waals surface area (Å²) in [5, 5.41) is 12.3. The van der Waals surface area contributed by atoms with Crippen LogP contribution in [0.15, 0.2) is 0 Å². The molecular weight excluding hydrogens is 244 g/mol. The molecule has 2 atom stereocenters. The molecule has 1 saturated carbocycles. The number of urea groups is 1. The Kier molecular flexibility index (Phi) is 4.32. The highest BCUT2D eigenvalue weighted by Gasteiger charge is 2.41. The Bertz CT molecular complexity index is 351. The summed E-state index contributed by atoms with van der Waals surface area (Å²) in [7, 11) is 0. The second kappa shape index (κ2) is 5.80. The smallest absolute Gasteiger partial charge is 0.317 e. The van der Waals surface area contributed by atoms with Crippen molar-refractivity contribution < 1.29 is 14.7 Å². The van der Waals surface area contributed by atoms with Gasteiger partial charge in [0.15, 0.2) is 0 Å². The van der Waals surface area contributed by atoms with Crippen LogP contribution in [0.5, 0.6) is 0 Å². The molecule has 2 rings (SSSR count). The first-order valence-corrected chi connectivity index (χ1v) is 7.27. The minimum atomic E-state index is -0.783. The van der Waals surface area contributed by atoms with Gasteiger partial charge in [-0.1, -0.05) is 26.7 Å². The van der Waals surface area contributed by atoms with Gasteiger partial charge < -0.3 is 15.3 Å². The topological polar surface area (TPSA) is 69.6 Å². The Morgan fingerprint density at radius 3 is 2.32 bits per heavy atom. The Morgan fingerprint density at radius 2 is 1.84 bits per heavy atom. The van der Waals surface area contributed by atoms with Crippen LogP contribution in [0.2, 0.25) is 0 Å². The second-order valence-corrected chi connectivity index (χ2v) is 6.19. The second-order valence-electron chi connectivity index (χ2n) is 6.19. The van der Waals surface area contributed by atoms with Gasteiger partial charge in [-0.15, -0.1) is 0 Å². The first-order valence-electron chi connectivity index (χ1n) is 7.27. The van der Waals surface area contributed by atoms with Crippen molar-refractivity contribution in [1.82, 2.24) is 10.2 Å². The van der Waals surface area contributed by atoms with E-state index < -0.39 is 11.9 Å². The van der Waals surface area contributed by atoms with Gasteiger partial charge in [0, 0.05) is 19.1 Å². The van der Waals surface area contributed by atoms with Crippen molar-refractivity contribution in [3.63, 3.8) is 0 Å². The third-order valence-electron chi connectivity index (χ3n) is 4.51. The Morgan fingerprint density at radius 1 is 1.21 bits per heavy atom. The first kappa shape index (κ1) is 14.2. The van der Waals surface area contributed by atoms with Gasteiger partial charge in [0.25, 0.3) is 0 Å². The Balaban J connectivity index is 1.94. The SMILES string of the molecule is CC(C)[C@@H]1CN(C(=O)NC2CCCC2)C[C@H]1C(=O)O. The van der Waals surface area contributed by atoms with Gasteiger partial charge >= 0.3 is 12.0 Å². The van der Waals surface area contributed by atoms with Gasteiger partial charge in [-0.05, 0) is 24.7 Å². The molecule has 0 unspecified atom stereocenters. The first-order chi connectivity index (χ1) is 8.99. The van der Waals surface area contributed by atoms with Crippen LogP contribution in [-0.2, 0) is 4.79 Å². The van der Waals surface area contributed by atoms with Crippen LogP contribution in [0.1, 0.15) is 39.5 Å². The zero-order valence-electron chi connectivity index (χ0n) is 11.8. The number of carboxylic acids is 1. The van der Waals surface area contributed by atoms with Crippen molar-refractivity contribution in [3.05, 3.63) is 0 Å². The number of rotatable bonds is 3. The number of hydrogen-bond donors (Lipinski definition) is 2. The summed E-state index contributed by atoms with van der Waals surface area (Å²) < 4.78 is 0. The molecule has 108 valence electrons. The summed E-state index contributed by atoms with van der Waals surface area (Å²) in [6, 6.07) is 0.204. The summed E-state index contributed by atoms with van der Waals surface area (Å²) in [6.45, 7) is 4.96. The van der Waals surface area contributed by atoms with Crippen molar-refractivity contribution in [1.29, 1.82) is 0 Å². The molecule has 1 aliphatic carbocycles. The van der Waals surface area contributed by atoms with Gasteiger partial charge in [0.2, 0.25) is 0 Å². The highest BCUT2D eigenvalue weighted by Crippen LogP contribution is 2.30. The van der Waals surface area contributed by atoms with E-state index in [9.17, 15) is 14.7 Å². The third-order valence-corrected chi connectivity index (χ3v) is 4.51.